The van der Waals surface area contributed by atoms with Crippen LogP contribution < -0.4 is 4.72 Å². The number of aromatic nitrogens is 2. The second-order valence-electron chi connectivity index (χ2n) is 6.70. The first-order valence-corrected chi connectivity index (χ1v) is 10.6. The average Bonchev–Trinajstić information content (AvgIpc) is 3.24. The predicted molar refractivity (Wildman–Crippen MR) is 109 cm³/mol. The number of halogens is 1. The zero-order valence-electron chi connectivity index (χ0n) is 16.0. The van der Waals surface area contributed by atoms with Gasteiger partial charge < -0.3 is 4.42 Å². The van der Waals surface area contributed by atoms with Gasteiger partial charge in [0.15, 0.2) is 0 Å². The maximum Gasteiger partial charge on any atom is 0.247 e. The predicted octanol–water partition coefficient (Wildman–Crippen LogP) is 4.25. The highest BCUT2D eigenvalue weighted by atomic mass is 32.2. The molecule has 0 aliphatic rings. The number of sulfonamides is 1. The summed E-state index contributed by atoms with van der Waals surface area (Å²) in [7, 11) is -3.99. The van der Waals surface area contributed by atoms with Crippen LogP contribution in [0, 0.1) is 12.7 Å². The van der Waals surface area contributed by atoms with Gasteiger partial charge in [-0.2, -0.15) is 4.72 Å². The van der Waals surface area contributed by atoms with Gasteiger partial charge >= 0.3 is 0 Å². The van der Waals surface area contributed by atoms with Crippen LogP contribution in [0.5, 0.6) is 0 Å². The zero-order chi connectivity index (χ0) is 21.1. The molecule has 3 aromatic carbocycles. The molecule has 0 aliphatic carbocycles. The largest absolute Gasteiger partial charge is 0.419 e. The first-order valence-electron chi connectivity index (χ1n) is 9.16. The van der Waals surface area contributed by atoms with Gasteiger partial charge in [-0.1, -0.05) is 54.1 Å². The van der Waals surface area contributed by atoms with Crippen molar-refractivity contribution < 1.29 is 17.2 Å². The first kappa shape index (κ1) is 19.9. The Kier molecular flexibility index (Phi) is 5.43. The van der Waals surface area contributed by atoms with Crippen molar-refractivity contribution in [3.05, 3.63) is 102 Å². The summed E-state index contributed by atoms with van der Waals surface area (Å²) in [6.45, 7) is 1.86. The minimum atomic E-state index is -3.99. The zero-order valence-corrected chi connectivity index (χ0v) is 16.8. The van der Waals surface area contributed by atoms with Crippen molar-refractivity contribution in [2.45, 2.75) is 17.9 Å². The molecular weight excluding hydrogens is 405 g/mol. The van der Waals surface area contributed by atoms with E-state index in [0.29, 0.717) is 5.56 Å². The summed E-state index contributed by atoms with van der Waals surface area (Å²) in [6, 6.07) is 20.0. The summed E-state index contributed by atoms with van der Waals surface area (Å²) >= 11 is 0. The lowest BCUT2D eigenvalue weighted by atomic mass is 10.1. The standard InChI is InChI=1S/C22H18FN3O3S/c1-15-11-13-17(14-12-15)30(27,28)26-20(18-9-5-6-10-19(18)23)22-25-24-21(29-22)16-7-3-2-4-8-16/h2-14,20,26H,1H3/t20-/m1/s1. The Morgan fingerprint density at radius 3 is 2.27 bits per heavy atom. The van der Waals surface area contributed by atoms with Crippen LogP contribution in [0.1, 0.15) is 23.1 Å². The Bertz CT molecular complexity index is 1260. The van der Waals surface area contributed by atoms with Gasteiger partial charge in [0, 0.05) is 11.1 Å². The van der Waals surface area contributed by atoms with E-state index in [1.54, 1.807) is 30.3 Å². The van der Waals surface area contributed by atoms with E-state index in [1.807, 2.05) is 25.1 Å². The summed E-state index contributed by atoms with van der Waals surface area (Å²) in [5, 5.41) is 7.99. The molecule has 152 valence electrons. The molecule has 1 heterocycles. The third-order valence-electron chi connectivity index (χ3n) is 4.53. The number of hydrogen-bond acceptors (Lipinski definition) is 5. The number of rotatable bonds is 6. The second-order valence-corrected chi connectivity index (χ2v) is 8.41. The first-order chi connectivity index (χ1) is 14.4. The molecule has 0 fully saturated rings. The van der Waals surface area contributed by atoms with E-state index in [9.17, 15) is 12.8 Å². The van der Waals surface area contributed by atoms with Crippen LogP contribution in [0.4, 0.5) is 4.39 Å². The van der Waals surface area contributed by atoms with Gasteiger partial charge in [0.1, 0.15) is 11.9 Å². The van der Waals surface area contributed by atoms with E-state index in [0.717, 1.165) is 5.56 Å². The monoisotopic (exact) mass is 423 g/mol. The molecule has 6 nitrogen and oxygen atoms in total. The molecule has 1 N–H and O–H groups in total. The van der Waals surface area contributed by atoms with E-state index in [4.69, 9.17) is 4.42 Å². The Morgan fingerprint density at radius 1 is 0.900 bits per heavy atom. The fourth-order valence-corrected chi connectivity index (χ4v) is 4.11. The molecule has 1 aromatic heterocycles. The van der Waals surface area contributed by atoms with Gasteiger partial charge in [-0.05, 0) is 37.3 Å². The molecule has 8 heteroatoms. The van der Waals surface area contributed by atoms with Crippen LogP contribution in [-0.2, 0) is 10.0 Å². The molecule has 0 saturated carbocycles. The smallest absolute Gasteiger partial charge is 0.247 e. The average molecular weight is 423 g/mol. The van der Waals surface area contributed by atoms with Crippen molar-refractivity contribution >= 4 is 10.0 Å². The lowest BCUT2D eigenvalue weighted by molar-refractivity contribution is 0.455. The fourth-order valence-electron chi connectivity index (χ4n) is 2.95. The third-order valence-corrected chi connectivity index (χ3v) is 5.97. The highest BCUT2D eigenvalue weighted by Crippen LogP contribution is 2.28. The van der Waals surface area contributed by atoms with Gasteiger partial charge in [-0.3, -0.25) is 0 Å². The summed E-state index contributed by atoms with van der Waals surface area (Å²) in [5.41, 5.74) is 1.67. The van der Waals surface area contributed by atoms with Crippen LogP contribution in [0.2, 0.25) is 0 Å². The Morgan fingerprint density at radius 2 is 1.57 bits per heavy atom. The van der Waals surface area contributed by atoms with Crippen molar-refractivity contribution in [1.82, 2.24) is 14.9 Å². The van der Waals surface area contributed by atoms with Crippen LogP contribution in [0.25, 0.3) is 11.5 Å². The van der Waals surface area contributed by atoms with E-state index in [1.165, 1.54) is 30.3 Å². The number of nitrogens with one attached hydrogen (secondary N) is 1. The van der Waals surface area contributed by atoms with Crippen LogP contribution in [-0.4, -0.2) is 18.6 Å². The van der Waals surface area contributed by atoms with Gasteiger partial charge in [-0.15, -0.1) is 10.2 Å². The van der Waals surface area contributed by atoms with Crippen LogP contribution in [0.15, 0.2) is 88.2 Å². The third kappa shape index (κ3) is 4.14. The quantitative estimate of drug-likeness (QED) is 0.501. The van der Waals surface area contributed by atoms with Crippen LogP contribution >= 0.6 is 0 Å². The Balaban J connectivity index is 1.75. The van der Waals surface area contributed by atoms with Crippen molar-refractivity contribution in [3.63, 3.8) is 0 Å². The lowest BCUT2D eigenvalue weighted by Gasteiger charge is -2.16. The van der Waals surface area contributed by atoms with Gasteiger partial charge in [0.2, 0.25) is 21.8 Å². The molecule has 0 spiro atoms. The molecule has 0 bridgehead atoms. The van der Waals surface area contributed by atoms with E-state index < -0.39 is 21.9 Å². The van der Waals surface area contributed by atoms with Crippen molar-refractivity contribution in [2.24, 2.45) is 0 Å². The number of aryl methyl sites for hydroxylation is 1. The summed E-state index contributed by atoms with van der Waals surface area (Å²) in [5.74, 6) is -0.440. The van der Waals surface area contributed by atoms with Crippen LogP contribution in [0.3, 0.4) is 0 Å². The SMILES string of the molecule is Cc1ccc(S(=O)(=O)N[C@@H](c2nnc(-c3ccccc3)o2)c2ccccc2F)cc1. The van der Waals surface area contributed by atoms with Gasteiger partial charge in [0.05, 0.1) is 4.90 Å². The lowest BCUT2D eigenvalue weighted by Crippen LogP contribution is -2.30. The second kappa shape index (κ2) is 8.17. The maximum atomic E-state index is 14.6. The normalized spacial score (nSPS) is 12.6. The molecule has 4 aromatic rings. The van der Waals surface area contributed by atoms with Crippen molar-refractivity contribution in [2.75, 3.05) is 0 Å². The molecule has 0 aliphatic heterocycles. The van der Waals surface area contributed by atoms with E-state index in [-0.39, 0.29) is 22.2 Å². The van der Waals surface area contributed by atoms with Gasteiger partial charge in [0.25, 0.3) is 0 Å². The van der Waals surface area contributed by atoms with Crippen molar-refractivity contribution in [3.8, 4) is 11.5 Å². The minimum absolute atomic E-state index is 0.0530. The number of nitrogens with zero attached hydrogens (tertiary/aromatic N) is 2. The highest BCUT2D eigenvalue weighted by molar-refractivity contribution is 7.89. The fraction of sp³-hybridized carbons (Fsp3) is 0.0909. The molecular formula is C22H18FN3O3S. The minimum Gasteiger partial charge on any atom is -0.419 e. The summed E-state index contributed by atoms with van der Waals surface area (Å²) < 4.78 is 48.7. The number of benzene rings is 3. The molecule has 30 heavy (non-hydrogen) atoms. The molecule has 4 rings (SSSR count). The Labute approximate surface area is 173 Å². The van der Waals surface area contributed by atoms with E-state index in [2.05, 4.69) is 14.9 Å². The maximum absolute atomic E-state index is 14.6. The Hall–Kier alpha value is -3.36. The molecule has 0 saturated heterocycles. The molecule has 0 unspecified atom stereocenters. The van der Waals surface area contributed by atoms with E-state index >= 15 is 0 Å². The number of hydrogen-bond donors (Lipinski definition) is 1. The molecule has 0 radical (unpaired) electrons. The van der Waals surface area contributed by atoms with Crippen molar-refractivity contribution in [1.29, 1.82) is 0 Å². The highest BCUT2D eigenvalue weighted by Gasteiger charge is 2.29. The topological polar surface area (TPSA) is 85.1 Å². The molecule has 0 amide bonds. The molecule has 1 atom stereocenters. The summed E-state index contributed by atoms with van der Waals surface area (Å²) in [4.78, 5) is 0.0530. The van der Waals surface area contributed by atoms with Gasteiger partial charge in [-0.25, -0.2) is 12.8 Å². The summed E-state index contributed by atoms with van der Waals surface area (Å²) in [6.07, 6.45) is 0.